The molecule has 5 heteroatoms. The number of carboxylic acid groups (broad SMARTS) is 1. The van der Waals surface area contributed by atoms with E-state index in [1.807, 2.05) is 78.9 Å². The summed E-state index contributed by atoms with van der Waals surface area (Å²) in [4.78, 5) is 26.1. The van der Waals surface area contributed by atoms with Crippen LogP contribution in [0.1, 0.15) is 23.2 Å². The van der Waals surface area contributed by atoms with Crippen LogP contribution in [-0.4, -0.2) is 41.1 Å². The van der Waals surface area contributed by atoms with E-state index in [9.17, 15) is 14.7 Å². The minimum atomic E-state index is -0.911. The molecule has 0 bridgehead atoms. The molecule has 1 aliphatic rings. The van der Waals surface area contributed by atoms with Gasteiger partial charge < -0.3 is 14.7 Å². The normalized spacial score (nSPS) is 14.8. The smallest absolute Gasteiger partial charge is 0.307 e. The average molecular weight is 401 g/mol. The first-order valence-electron chi connectivity index (χ1n) is 10.0. The van der Waals surface area contributed by atoms with Crippen molar-refractivity contribution in [2.24, 2.45) is 0 Å². The Morgan fingerprint density at radius 2 is 1.70 bits per heavy atom. The maximum Gasteiger partial charge on any atom is 0.307 e. The van der Waals surface area contributed by atoms with E-state index in [-0.39, 0.29) is 12.3 Å². The number of rotatable bonds is 6. The van der Waals surface area contributed by atoms with Crippen LogP contribution in [0.4, 0.5) is 0 Å². The molecule has 3 aromatic rings. The summed E-state index contributed by atoms with van der Waals surface area (Å²) in [6.45, 7) is 0.973. The summed E-state index contributed by atoms with van der Waals surface area (Å²) < 4.78 is 5.94. The minimum Gasteiger partial charge on any atom is -0.485 e. The first-order chi connectivity index (χ1) is 14.6. The highest BCUT2D eigenvalue weighted by Crippen LogP contribution is 2.24. The molecule has 1 atom stereocenters. The number of benzene rings is 3. The lowest BCUT2D eigenvalue weighted by atomic mass is 9.98. The van der Waals surface area contributed by atoms with Crippen molar-refractivity contribution in [3.05, 3.63) is 90.0 Å². The number of hydrogen-bond acceptors (Lipinski definition) is 3. The molecule has 30 heavy (non-hydrogen) atoms. The third-order valence-corrected chi connectivity index (χ3v) is 5.32. The Morgan fingerprint density at radius 3 is 2.40 bits per heavy atom. The molecule has 1 heterocycles. The van der Waals surface area contributed by atoms with Crippen LogP contribution in [0.15, 0.2) is 84.4 Å². The second-order valence-corrected chi connectivity index (χ2v) is 7.36. The topological polar surface area (TPSA) is 66.8 Å². The minimum absolute atomic E-state index is 0.0187. The lowest BCUT2D eigenvalue weighted by Crippen LogP contribution is -2.37. The van der Waals surface area contributed by atoms with Gasteiger partial charge in [-0.2, -0.15) is 0 Å². The van der Waals surface area contributed by atoms with E-state index in [0.717, 1.165) is 16.3 Å². The standard InChI is InChI=1S/C25H23NO4/c27-24(28)17-23(30-22-8-2-1-3-9-22)19-12-14-26(15-13-19)25(29)21-11-10-18-6-4-5-7-20(18)16-21/h1-12,16,23H,13-15,17H2,(H,27,28). The Kier molecular flexibility index (Phi) is 5.80. The van der Waals surface area contributed by atoms with Crippen molar-refractivity contribution in [2.45, 2.75) is 18.9 Å². The molecule has 0 aliphatic carbocycles. The van der Waals surface area contributed by atoms with E-state index in [1.54, 1.807) is 4.90 Å². The zero-order valence-electron chi connectivity index (χ0n) is 16.5. The predicted octanol–water partition coefficient (Wildman–Crippen LogP) is 4.53. The van der Waals surface area contributed by atoms with Gasteiger partial charge in [0.25, 0.3) is 5.91 Å². The van der Waals surface area contributed by atoms with Gasteiger partial charge in [-0.15, -0.1) is 0 Å². The SMILES string of the molecule is O=C(O)CC(Oc1ccccc1)C1=CCN(C(=O)c2ccc3ccccc3c2)CC1. The van der Waals surface area contributed by atoms with E-state index in [0.29, 0.717) is 30.8 Å². The number of nitrogens with zero attached hydrogens (tertiary/aromatic N) is 1. The molecule has 4 rings (SSSR count). The number of carbonyl (C=O) groups excluding carboxylic acids is 1. The lowest BCUT2D eigenvalue weighted by molar-refractivity contribution is -0.138. The molecule has 1 amide bonds. The molecule has 1 unspecified atom stereocenters. The zero-order valence-corrected chi connectivity index (χ0v) is 16.5. The fourth-order valence-corrected chi connectivity index (χ4v) is 3.74. The van der Waals surface area contributed by atoms with Gasteiger partial charge in [0.15, 0.2) is 0 Å². The molecule has 0 radical (unpaired) electrons. The second kappa shape index (κ2) is 8.82. The quantitative estimate of drug-likeness (QED) is 0.616. The van der Waals surface area contributed by atoms with E-state index >= 15 is 0 Å². The van der Waals surface area contributed by atoms with Crippen molar-refractivity contribution in [1.82, 2.24) is 4.90 Å². The molecule has 0 fully saturated rings. The van der Waals surface area contributed by atoms with Gasteiger partial charge >= 0.3 is 5.97 Å². The van der Waals surface area contributed by atoms with Crippen molar-refractivity contribution in [3.63, 3.8) is 0 Å². The predicted molar refractivity (Wildman–Crippen MR) is 116 cm³/mol. The number of para-hydroxylation sites is 1. The van der Waals surface area contributed by atoms with Crippen LogP contribution in [0.3, 0.4) is 0 Å². The van der Waals surface area contributed by atoms with E-state index < -0.39 is 12.1 Å². The Morgan fingerprint density at radius 1 is 0.967 bits per heavy atom. The van der Waals surface area contributed by atoms with Crippen molar-refractivity contribution in [1.29, 1.82) is 0 Å². The van der Waals surface area contributed by atoms with Gasteiger partial charge in [0, 0.05) is 18.7 Å². The largest absolute Gasteiger partial charge is 0.485 e. The number of hydrogen-bond donors (Lipinski definition) is 1. The summed E-state index contributed by atoms with van der Waals surface area (Å²) in [6, 6.07) is 22.9. The number of aliphatic carboxylic acids is 1. The summed E-state index contributed by atoms with van der Waals surface area (Å²) in [5, 5.41) is 11.4. The molecule has 0 saturated carbocycles. The van der Waals surface area contributed by atoms with Crippen LogP contribution < -0.4 is 4.74 Å². The zero-order chi connectivity index (χ0) is 20.9. The van der Waals surface area contributed by atoms with E-state index in [1.165, 1.54) is 0 Å². The molecule has 5 nitrogen and oxygen atoms in total. The van der Waals surface area contributed by atoms with Crippen molar-refractivity contribution in [2.75, 3.05) is 13.1 Å². The monoisotopic (exact) mass is 401 g/mol. The Labute approximate surface area is 175 Å². The number of carbonyl (C=O) groups is 2. The molecule has 3 aromatic carbocycles. The number of amides is 1. The van der Waals surface area contributed by atoms with Gasteiger partial charge in [-0.1, -0.05) is 54.6 Å². The van der Waals surface area contributed by atoms with Crippen molar-refractivity contribution >= 4 is 22.6 Å². The third-order valence-electron chi connectivity index (χ3n) is 5.32. The Balaban J connectivity index is 1.48. The molecule has 0 aromatic heterocycles. The lowest BCUT2D eigenvalue weighted by Gasteiger charge is -2.30. The molecule has 0 spiro atoms. The first-order valence-corrected chi connectivity index (χ1v) is 10.0. The molecular formula is C25H23NO4. The summed E-state index contributed by atoms with van der Waals surface area (Å²) in [5.41, 5.74) is 1.58. The van der Waals surface area contributed by atoms with Gasteiger partial charge in [0.2, 0.25) is 0 Å². The highest BCUT2D eigenvalue weighted by molar-refractivity contribution is 5.98. The van der Waals surface area contributed by atoms with Gasteiger partial charge in [0.1, 0.15) is 11.9 Å². The van der Waals surface area contributed by atoms with Crippen LogP contribution in [0.5, 0.6) is 5.75 Å². The van der Waals surface area contributed by atoms with Crippen LogP contribution in [0.2, 0.25) is 0 Å². The Hall–Kier alpha value is -3.60. The fourth-order valence-electron chi connectivity index (χ4n) is 3.74. The highest BCUT2D eigenvalue weighted by Gasteiger charge is 2.25. The maximum absolute atomic E-state index is 13.0. The number of carboxylic acids is 1. The fraction of sp³-hybridized carbons (Fsp3) is 0.200. The van der Waals surface area contributed by atoms with E-state index in [2.05, 4.69) is 0 Å². The second-order valence-electron chi connectivity index (χ2n) is 7.36. The van der Waals surface area contributed by atoms with Crippen LogP contribution in [0.25, 0.3) is 10.8 Å². The molecule has 152 valence electrons. The Bertz CT molecular complexity index is 1090. The van der Waals surface area contributed by atoms with Gasteiger partial charge in [-0.25, -0.2) is 0 Å². The molecule has 1 N–H and O–H groups in total. The van der Waals surface area contributed by atoms with Gasteiger partial charge in [-0.3, -0.25) is 9.59 Å². The van der Waals surface area contributed by atoms with Crippen LogP contribution >= 0.6 is 0 Å². The summed E-state index contributed by atoms with van der Waals surface area (Å²) >= 11 is 0. The van der Waals surface area contributed by atoms with Gasteiger partial charge in [-0.05, 0) is 47.0 Å². The highest BCUT2D eigenvalue weighted by atomic mass is 16.5. The summed E-state index contributed by atoms with van der Waals surface area (Å²) in [7, 11) is 0. The van der Waals surface area contributed by atoms with Crippen molar-refractivity contribution in [3.8, 4) is 5.75 Å². The van der Waals surface area contributed by atoms with Gasteiger partial charge in [0.05, 0.1) is 6.42 Å². The summed E-state index contributed by atoms with van der Waals surface area (Å²) in [6.07, 6.45) is 1.87. The third kappa shape index (κ3) is 4.51. The maximum atomic E-state index is 13.0. The van der Waals surface area contributed by atoms with Crippen molar-refractivity contribution < 1.29 is 19.4 Å². The van der Waals surface area contributed by atoms with Crippen LogP contribution in [0, 0.1) is 0 Å². The average Bonchev–Trinajstić information content (AvgIpc) is 2.78. The first kappa shape index (κ1) is 19.7. The number of fused-ring (bicyclic) bond motifs is 1. The van der Waals surface area contributed by atoms with E-state index in [4.69, 9.17) is 4.74 Å². The molecule has 0 saturated heterocycles. The number of ether oxygens (including phenoxy) is 1. The summed E-state index contributed by atoms with van der Waals surface area (Å²) in [5.74, 6) is -0.291. The molecule has 1 aliphatic heterocycles. The van der Waals surface area contributed by atoms with Crippen LogP contribution in [-0.2, 0) is 4.79 Å². The molecular weight excluding hydrogens is 378 g/mol.